The lowest BCUT2D eigenvalue weighted by atomic mass is 9.94. The third-order valence-electron chi connectivity index (χ3n) is 3.17. The molecule has 0 fully saturated rings. The molecule has 0 bridgehead atoms. The molecule has 0 aromatic heterocycles. The number of allylic oxidation sites excluding steroid dienone is 1. The summed E-state index contributed by atoms with van der Waals surface area (Å²) in [5.41, 5.74) is 11.6. The van der Waals surface area contributed by atoms with Crippen LogP contribution in [0, 0.1) is 0 Å². The summed E-state index contributed by atoms with van der Waals surface area (Å²) in [6.07, 6.45) is 7.33. The summed E-state index contributed by atoms with van der Waals surface area (Å²) in [5.74, 6) is 0. The second kappa shape index (κ2) is 9.75. The third-order valence-corrected chi connectivity index (χ3v) is 3.17. The summed E-state index contributed by atoms with van der Waals surface area (Å²) >= 11 is 0. The molecule has 0 heterocycles. The lowest BCUT2D eigenvalue weighted by molar-refractivity contribution is 1.07. The van der Waals surface area contributed by atoms with Gasteiger partial charge < -0.3 is 5.73 Å². The Labute approximate surface area is 135 Å². The van der Waals surface area contributed by atoms with E-state index in [1.807, 2.05) is 13.0 Å². The van der Waals surface area contributed by atoms with E-state index in [1.54, 1.807) is 0 Å². The highest BCUT2D eigenvalue weighted by Crippen LogP contribution is 2.28. The fourth-order valence-electron chi connectivity index (χ4n) is 2.23. The zero-order valence-electron chi connectivity index (χ0n) is 14.0. The number of hydrogen-bond donors (Lipinski definition) is 1. The highest BCUT2D eigenvalue weighted by molar-refractivity contribution is 5.81. The van der Waals surface area contributed by atoms with Crippen LogP contribution in [0.4, 0.5) is 0 Å². The zero-order valence-corrected chi connectivity index (χ0v) is 14.0. The van der Waals surface area contributed by atoms with E-state index in [2.05, 4.69) is 75.0 Å². The molecule has 0 atom stereocenters. The molecule has 0 amide bonds. The topological polar surface area (TPSA) is 26.0 Å². The highest BCUT2D eigenvalue weighted by Gasteiger charge is 2.06. The van der Waals surface area contributed by atoms with Crippen LogP contribution in [-0.4, -0.2) is 0 Å². The Morgan fingerprint density at radius 2 is 1.77 bits per heavy atom. The molecular formula is C21H27N. The first kappa shape index (κ1) is 17.9. The number of hydrogen-bond acceptors (Lipinski definition) is 1. The van der Waals surface area contributed by atoms with E-state index < -0.39 is 0 Å². The molecule has 0 aliphatic rings. The Balaban J connectivity index is 0.000000745. The van der Waals surface area contributed by atoms with E-state index in [1.165, 1.54) is 23.1 Å². The summed E-state index contributed by atoms with van der Waals surface area (Å²) < 4.78 is 0. The molecule has 0 aliphatic heterocycles. The van der Waals surface area contributed by atoms with Gasteiger partial charge in [0.1, 0.15) is 0 Å². The Morgan fingerprint density at radius 1 is 1.09 bits per heavy atom. The van der Waals surface area contributed by atoms with Gasteiger partial charge in [-0.2, -0.15) is 0 Å². The molecule has 2 aromatic rings. The molecule has 2 N–H and O–H groups in total. The maximum Gasteiger partial charge on any atom is 0.0178 e. The Bertz CT molecular complexity index is 624. The first-order chi connectivity index (χ1) is 10.7. The molecule has 1 nitrogen and oxygen atoms in total. The van der Waals surface area contributed by atoms with Crippen molar-refractivity contribution in [1.82, 2.24) is 0 Å². The van der Waals surface area contributed by atoms with E-state index in [4.69, 9.17) is 5.73 Å². The van der Waals surface area contributed by atoms with Crippen LogP contribution in [0.25, 0.3) is 23.3 Å². The van der Waals surface area contributed by atoms with Crippen LogP contribution in [0.2, 0.25) is 0 Å². The Morgan fingerprint density at radius 3 is 2.36 bits per heavy atom. The summed E-state index contributed by atoms with van der Waals surface area (Å²) in [5, 5.41) is 0. The van der Waals surface area contributed by atoms with Gasteiger partial charge in [-0.25, -0.2) is 0 Å². The van der Waals surface area contributed by atoms with Crippen LogP contribution in [-0.2, 0) is 6.54 Å². The van der Waals surface area contributed by atoms with Crippen LogP contribution in [0.1, 0.15) is 43.9 Å². The van der Waals surface area contributed by atoms with E-state index in [0.717, 1.165) is 11.1 Å². The van der Waals surface area contributed by atoms with Gasteiger partial charge in [-0.1, -0.05) is 81.5 Å². The van der Waals surface area contributed by atoms with Crippen molar-refractivity contribution in [2.45, 2.75) is 33.7 Å². The van der Waals surface area contributed by atoms with E-state index in [-0.39, 0.29) is 0 Å². The molecule has 2 rings (SSSR count). The second-order valence-electron chi connectivity index (χ2n) is 5.12. The van der Waals surface area contributed by atoms with Gasteiger partial charge in [0.15, 0.2) is 0 Å². The highest BCUT2D eigenvalue weighted by atomic mass is 14.5. The monoisotopic (exact) mass is 293 g/mol. The number of benzene rings is 2. The first-order valence-corrected chi connectivity index (χ1v) is 7.89. The molecule has 2 aromatic carbocycles. The summed E-state index contributed by atoms with van der Waals surface area (Å²) in [7, 11) is 0. The van der Waals surface area contributed by atoms with Crippen molar-refractivity contribution in [3.05, 3.63) is 71.8 Å². The van der Waals surface area contributed by atoms with Crippen LogP contribution in [0.5, 0.6) is 0 Å². The Kier molecular flexibility index (Phi) is 7.95. The zero-order chi connectivity index (χ0) is 16.4. The molecule has 0 spiro atoms. The molecule has 116 valence electrons. The van der Waals surface area contributed by atoms with Crippen molar-refractivity contribution in [3.8, 4) is 11.1 Å². The van der Waals surface area contributed by atoms with E-state index in [9.17, 15) is 0 Å². The molecular weight excluding hydrogens is 266 g/mol. The minimum absolute atomic E-state index is 0.563. The lowest BCUT2D eigenvalue weighted by Gasteiger charge is -2.11. The number of rotatable bonds is 4. The second-order valence-corrected chi connectivity index (χ2v) is 5.12. The normalized spacial score (nSPS) is 10.2. The maximum atomic E-state index is 5.72. The average molecular weight is 293 g/mol. The van der Waals surface area contributed by atoms with Crippen molar-refractivity contribution in [1.29, 1.82) is 0 Å². The van der Waals surface area contributed by atoms with Crippen molar-refractivity contribution in [3.63, 3.8) is 0 Å². The third kappa shape index (κ3) is 4.71. The van der Waals surface area contributed by atoms with Crippen LogP contribution >= 0.6 is 0 Å². The summed E-state index contributed by atoms with van der Waals surface area (Å²) in [6.45, 7) is 10.7. The van der Waals surface area contributed by atoms with Crippen molar-refractivity contribution < 1.29 is 0 Å². The van der Waals surface area contributed by atoms with Gasteiger partial charge in [-0.15, -0.1) is 0 Å². The van der Waals surface area contributed by atoms with Gasteiger partial charge in [0, 0.05) is 6.54 Å². The predicted molar refractivity (Wildman–Crippen MR) is 101 cm³/mol. The first-order valence-electron chi connectivity index (χ1n) is 7.89. The lowest BCUT2D eigenvalue weighted by Crippen LogP contribution is -1.96. The standard InChI is InChI=1S/C18H19N.C3H8/c1-3-7-17-15(4-2)9-6-11-18(17)16-10-5-8-14(12-16)13-19;1-3-2/h3-12H,2,13,19H2,1H3;3H2,1-2H3/b7-3-;. The van der Waals surface area contributed by atoms with Gasteiger partial charge >= 0.3 is 0 Å². The largest absolute Gasteiger partial charge is 0.326 e. The molecule has 22 heavy (non-hydrogen) atoms. The van der Waals surface area contributed by atoms with Crippen LogP contribution in [0.3, 0.4) is 0 Å². The predicted octanol–water partition coefficient (Wildman–Crippen LogP) is 5.90. The fraction of sp³-hybridized carbons (Fsp3) is 0.238. The minimum atomic E-state index is 0.563. The summed E-state index contributed by atoms with van der Waals surface area (Å²) in [6, 6.07) is 14.7. The smallest absolute Gasteiger partial charge is 0.0178 e. The van der Waals surface area contributed by atoms with Gasteiger partial charge in [-0.05, 0) is 40.8 Å². The van der Waals surface area contributed by atoms with Crippen LogP contribution < -0.4 is 5.73 Å². The molecule has 1 heteroatoms. The van der Waals surface area contributed by atoms with E-state index >= 15 is 0 Å². The van der Waals surface area contributed by atoms with Crippen molar-refractivity contribution in [2.75, 3.05) is 0 Å². The maximum absolute atomic E-state index is 5.72. The van der Waals surface area contributed by atoms with Gasteiger partial charge in [0.05, 0.1) is 0 Å². The van der Waals surface area contributed by atoms with Gasteiger partial charge in [-0.3, -0.25) is 0 Å². The molecule has 0 saturated carbocycles. The van der Waals surface area contributed by atoms with Gasteiger partial charge in [0.25, 0.3) is 0 Å². The van der Waals surface area contributed by atoms with Crippen molar-refractivity contribution >= 4 is 12.2 Å². The molecule has 0 aliphatic carbocycles. The average Bonchev–Trinajstić information content (AvgIpc) is 2.56. The molecule has 0 radical (unpaired) electrons. The Hall–Kier alpha value is -2.12. The van der Waals surface area contributed by atoms with Crippen molar-refractivity contribution in [2.24, 2.45) is 5.73 Å². The summed E-state index contributed by atoms with van der Waals surface area (Å²) in [4.78, 5) is 0. The van der Waals surface area contributed by atoms with E-state index in [0.29, 0.717) is 6.54 Å². The van der Waals surface area contributed by atoms with Gasteiger partial charge in [0.2, 0.25) is 0 Å². The molecule has 0 unspecified atom stereocenters. The molecule has 0 saturated heterocycles. The SMILES string of the molecule is C=Cc1cccc(-c2cccc(CN)c2)c1/C=C\C.CCC. The fourth-order valence-corrected chi connectivity index (χ4v) is 2.23. The quantitative estimate of drug-likeness (QED) is 0.745. The minimum Gasteiger partial charge on any atom is -0.326 e. The van der Waals surface area contributed by atoms with Crippen LogP contribution in [0.15, 0.2) is 55.1 Å². The number of nitrogens with two attached hydrogens (primary N) is 1.